The molecule has 1 aliphatic rings. The first kappa shape index (κ1) is 14.1. The fraction of sp³-hybridized carbons (Fsp3) is 0.125. The average Bonchev–Trinajstić information content (AvgIpc) is 2.45. The molecular formula is C16H11Cl2NO2. The third-order valence-corrected chi connectivity index (χ3v) is 3.86. The highest BCUT2D eigenvalue weighted by Gasteiger charge is 2.19. The molecule has 1 amide bonds. The van der Waals surface area contributed by atoms with Gasteiger partial charge in [0.25, 0.3) is 5.91 Å². The Morgan fingerprint density at radius 2 is 1.71 bits per heavy atom. The molecule has 0 fully saturated rings. The van der Waals surface area contributed by atoms with Crippen molar-refractivity contribution >= 4 is 34.9 Å². The van der Waals surface area contributed by atoms with Crippen LogP contribution in [0.15, 0.2) is 36.4 Å². The molecule has 1 heterocycles. The van der Waals surface area contributed by atoms with Gasteiger partial charge in [0.2, 0.25) is 0 Å². The first-order valence-corrected chi connectivity index (χ1v) is 7.22. The molecule has 21 heavy (non-hydrogen) atoms. The van der Waals surface area contributed by atoms with Gasteiger partial charge in [0, 0.05) is 33.3 Å². The molecule has 3 nitrogen and oxygen atoms in total. The first-order chi connectivity index (χ1) is 10.0. The van der Waals surface area contributed by atoms with Gasteiger partial charge in [-0.1, -0.05) is 35.3 Å². The van der Waals surface area contributed by atoms with E-state index in [0.29, 0.717) is 33.3 Å². The van der Waals surface area contributed by atoms with Crippen LogP contribution in [0.3, 0.4) is 0 Å². The maximum atomic E-state index is 12.5. The zero-order valence-electron chi connectivity index (χ0n) is 11.0. The smallest absolute Gasteiger partial charge is 0.251 e. The number of carbonyl (C=O) groups is 2. The van der Waals surface area contributed by atoms with Crippen molar-refractivity contribution in [2.45, 2.75) is 6.42 Å². The molecule has 5 heteroatoms. The van der Waals surface area contributed by atoms with E-state index in [1.54, 1.807) is 30.3 Å². The highest BCUT2D eigenvalue weighted by molar-refractivity contribution is 6.35. The zero-order chi connectivity index (χ0) is 15.0. The minimum absolute atomic E-state index is 0.143. The van der Waals surface area contributed by atoms with Gasteiger partial charge in [0.05, 0.1) is 0 Å². The van der Waals surface area contributed by atoms with Crippen molar-refractivity contribution in [2.24, 2.45) is 0 Å². The Kier molecular flexibility index (Phi) is 3.70. The minimum Gasteiger partial charge on any atom is -0.352 e. The standard InChI is InChI=1S/C16H11Cl2NO2/c17-12-5-11(6-13(18)8-12)15(20)10-2-1-9-3-4-19-16(21)14(9)7-10/h1-2,5-8H,3-4H2,(H,19,21). The summed E-state index contributed by atoms with van der Waals surface area (Å²) in [6, 6.07) is 9.88. The van der Waals surface area contributed by atoms with Crippen molar-refractivity contribution in [1.29, 1.82) is 0 Å². The summed E-state index contributed by atoms with van der Waals surface area (Å²) in [6.45, 7) is 0.628. The van der Waals surface area contributed by atoms with Crippen LogP contribution in [0.5, 0.6) is 0 Å². The lowest BCUT2D eigenvalue weighted by molar-refractivity contribution is 0.0946. The van der Waals surface area contributed by atoms with Gasteiger partial charge < -0.3 is 5.32 Å². The fourth-order valence-corrected chi connectivity index (χ4v) is 2.93. The molecule has 0 saturated carbocycles. The Labute approximate surface area is 131 Å². The van der Waals surface area contributed by atoms with Crippen LogP contribution in [0.4, 0.5) is 0 Å². The van der Waals surface area contributed by atoms with Gasteiger partial charge in [0.1, 0.15) is 0 Å². The Balaban J connectivity index is 2.02. The lowest BCUT2D eigenvalue weighted by Crippen LogP contribution is -2.32. The number of nitrogens with one attached hydrogen (secondary N) is 1. The number of benzene rings is 2. The molecule has 2 aromatic carbocycles. The molecule has 0 aliphatic carbocycles. The second-order valence-electron chi connectivity index (χ2n) is 4.87. The third-order valence-electron chi connectivity index (χ3n) is 3.42. The maximum Gasteiger partial charge on any atom is 0.251 e. The van der Waals surface area contributed by atoms with E-state index in [9.17, 15) is 9.59 Å². The van der Waals surface area contributed by atoms with Crippen LogP contribution in [-0.2, 0) is 6.42 Å². The molecule has 2 aromatic rings. The van der Waals surface area contributed by atoms with E-state index in [0.717, 1.165) is 12.0 Å². The van der Waals surface area contributed by atoms with Crippen molar-refractivity contribution in [1.82, 2.24) is 5.32 Å². The number of hydrogen-bond donors (Lipinski definition) is 1. The maximum absolute atomic E-state index is 12.5. The predicted octanol–water partition coefficient (Wildman–Crippen LogP) is 3.51. The van der Waals surface area contributed by atoms with Crippen LogP contribution in [0, 0.1) is 0 Å². The number of fused-ring (bicyclic) bond motifs is 1. The molecule has 106 valence electrons. The van der Waals surface area contributed by atoms with Crippen molar-refractivity contribution in [3.05, 3.63) is 68.7 Å². The monoisotopic (exact) mass is 319 g/mol. The number of halogens is 2. The van der Waals surface area contributed by atoms with Gasteiger partial charge in [-0.15, -0.1) is 0 Å². The molecule has 0 atom stereocenters. The van der Waals surface area contributed by atoms with Gasteiger partial charge in [-0.3, -0.25) is 9.59 Å². The Morgan fingerprint density at radius 3 is 2.43 bits per heavy atom. The summed E-state index contributed by atoms with van der Waals surface area (Å²) in [7, 11) is 0. The molecule has 0 radical (unpaired) electrons. The van der Waals surface area contributed by atoms with Gasteiger partial charge in [-0.05, 0) is 36.2 Å². The van der Waals surface area contributed by atoms with Crippen LogP contribution in [-0.4, -0.2) is 18.2 Å². The second-order valence-corrected chi connectivity index (χ2v) is 5.74. The van der Waals surface area contributed by atoms with Crippen molar-refractivity contribution in [3.63, 3.8) is 0 Å². The number of carbonyl (C=O) groups excluding carboxylic acids is 2. The van der Waals surface area contributed by atoms with E-state index in [2.05, 4.69) is 5.32 Å². The predicted molar refractivity (Wildman–Crippen MR) is 82.4 cm³/mol. The molecule has 0 saturated heterocycles. The molecule has 0 aromatic heterocycles. The van der Waals surface area contributed by atoms with Crippen LogP contribution in [0.25, 0.3) is 0 Å². The van der Waals surface area contributed by atoms with E-state index in [-0.39, 0.29) is 11.7 Å². The highest BCUT2D eigenvalue weighted by Crippen LogP contribution is 2.23. The Morgan fingerprint density at radius 1 is 1.00 bits per heavy atom. The molecule has 0 bridgehead atoms. The summed E-state index contributed by atoms with van der Waals surface area (Å²) in [5, 5.41) is 3.58. The third kappa shape index (κ3) is 2.80. The van der Waals surface area contributed by atoms with E-state index in [4.69, 9.17) is 23.2 Å². The number of amides is 1. The number of hydrogen-bond acceptors (Lipinski definition) is 2. The molecule has 3 rings (SSSR count). The lowest BCUT2D eigenvalue weighted by Gasteiger charge is -2.17. The summed E-state index contributed by atoms with van der Waals surface area (Å²) >= 11 is 11.8. The normalized spacial score (nSPS) is 13.5. The molecule has 1 aliphatic heterocycles. The summed E-state index contributed by atoms with van der Waals surface area (Å²) in [5.41, 5.74) is 2.37. The quantitative estimate of drug-likeness (QED) is 0.861. The largest absolute Gasteiger partial charge is 0.352 e. The van der Waals surface area contributed by atoms with Crippen LogP contribution in [0.1, 0.15) is 31.8 Å². The van der Waals surface area contributed by atoms with Gasteiger partial charge in [-0.2, -0.15) is 0 Å². The van der Waals surface area contributed by atoms with Crippen molar-refractivity contribution in [3.8, 4) is 0 Å². The van der Waals surface area contributed by atoms with Gasteiger partial charge in [0.15, 0.2) is 5.78 Å². The topological polar surface area (TPSA) is 46.2 Å². The first-order valence-electron chi connectivity index (χ1n) is 6.46. The molecule has 1 N–H and O–H groups in total. The van der Waals surface area contributed by atoms with Crippen LogP contribution < -0.4 is 5.32 Å². The number of rotatable bonds is 2. The second kappa shape index (κ2) is 5.51. The van der Waals surface area contributed by atoms with E-state index < -0.39 is 0 Å². The summed E-state index contributed by atoms with van der Waals surface area (Å²) in [4.78, 5) is 24.3. The molecule has 0 spiro atoms. The molecular weight excluding hydrogens is 309 g/mol. The van der Waals surface area contributed by atoms with E-state index in [1.807, 2.05) is 6.07 Å². The van der Waals surface area contributed by atoms with E-state index in [1.165, 1.54) is 0 Å². The lowest BCUT2D eigenvalue weighted by atomic mass is 9.94. The zero-order valence-corrected chi connectivity index (χ0v) is 12.5. The van der Waals surface area contributed by atoms with E-state index >= 15 is 0 Å². The van der Waals surface area contributed by atoms with Crippen molar-refractivity contribution in [2.75, 3.05) is 6.54 Å². The van der Waals surface area contributed by atoms with Crippen LogP contribution in [0.2, 0.25) is 10.0 Å². The van der Waals surface area contributed by atoms with Gasteiger partial charge >= 0.3 is 0 Å². The van der Waals surface area contributed by atoms with Crippen LogP contribution >= 0.6 is 23.2 Å². The molecule has 0 unspecified atom stereocenters. The summed E-state index contributed by atoms with van der Waals surface area (Å²) in [5.74, 6) is -0.351. The Bertz CT molecular complexity index is 736. The minimum atomic E-state index is -0.208. The highest BCUT2D eigenvalue weighted by atomic mass is 35.5. The van der Waals surface area contributed by atoms with Gasteiger partial charge in [-0.25, -0.2) is 0 Å². The Hall–Kier alpha value is -1.84. The summed E-state index contributed by atoms with van der Waals surface area (Å²) < 4.78 is 0. The number of ketones is 1. The SMILES string of the molecule is O=C(c1cc(Cl)cc(Cl)c1)c1ccc2c(c1)C(=O)NCC2. The fourth-order valence-electron chi connectivity index (χ4n) is 2.40. The van der Waals surface area contributed by atoms with Crippen molar-refractivity contribution < 1.29 is 9.59 Å². The average molecular weight is 320 g/mol. The summed E-state index contributed by atoms with van der Waals surface area (Å²) in [6.07, 6.45) is 0.776.